The van der Waals surface area contributed by atoms with Crippen LogP contribution in [0.25, 0.3) is 0 Å². The predicted molar refractivity (Wildman–Crippen MR) is 79.0 cm³/mol. The Morgan fingerprint density at radius 2 is 2.06 bits per heavy atom. The van der Waals surface area contributed by atoms with Crippen LogP contribution in [0.4, 0.5) is 0 Å². The number of hydrogen-bond acceptors (Lipinski definition) is 2. The molecule has 0 aliphatic carbocycles. The fourth-order valence-electron chi connectivity index (χ4n) is 1.89. The van der Waals surface area contributed by atoms with Gasteiger partial charge in [0, 0.05) is 5.88 Å². The van der Waals surface area contributed by atoms with Crippen molar-refractivity contribution in [1.82, 2.24) is 5.32 Å². The van der Waals surface area contributed by atoms with Gasteiger partial charge in [0.25, 0.3) is 0 Å². The van der Waals surface area contributed by atoms with Crippen LogP contribution in [0.15, 0.2) is 18.2 Å². The third kappa shape index (κ3) is 4.87. The number of hydrogen-bond donors (Lipinski definition) is 1. The zero-order chi connectivity index (χ0) is 13.4. The van der Waals surface area contributed by atoms with Gasteiger partial charge in [-0.2, -0.15) is 0 Å². The van der Waals surface area contributed by atoms with Gasteiger partial charge in [-0.3, -0.25) is 0 Å². The average molecular weight is 270 g/mol. The molecule has 0 fully saturated rings. The molecule has 0 radical (unpaired) electrons. The van der Waals surface area contributed by atoms with E-state index in [9.17, 15) is 0 Å². The Bertz CT molecular complexity index is 352. The van der Waals surface area contributed by atoms with Crippen molar-refractivity contribution in [2.75, 3.05) is 26.1 Å². The predicted octanol–water partition coefficient (Wildman–Crippen LogP) is 3.58. The van der Waals surface area contributed by atoms with Crippen LogP contribution >= 0.6 is 11.6 Å². The van der Waals surface area contributed by atoms with E-state index in [0.717, 1.165) is 37.6 Å². The van der Waals surface area contributed by atoms with E-state index in [0.29, 0.717) is 5.92 Å². The number of alkyl halides is 1. The summed E-state index contributed by atoms with van der Waals surface area (Å²) < 4.78 is 5.41. The smallest absolute Gasteiger partial charge is 0.122 e. The van der Waals surface area contributed by atoms with E-state index >= 15 is 0 Å². The molecule has 0 saturated carbocycles. The van der Waals surface area contributed by atoms with E-state index in [2.05, 4.69) is 37.4 Å². The highest BCUT2D eigenvalue weighted by Crippen LogP contribution is 2.24. The minimum absolute atomic E-state index is 0.555. The molecule has 3 heteroatoms. The Morgan fingerprint density at radius 1 is 1.28 bits per heavy atom. The molecule has 0 unspecified atom stereocenters. The number of halogens is 1. The molecule has 0 aliphatic heterocycles. The number of methoxy groups -OCH3 is 1. The summed E-state index contributed by atoms with van der Waals surface area (Å²) >= 11 is 5.64. The van der Waals surface area contributed by atoms with Gasteiger partial charge in [0.05, 0.1) is 7.11 Å². The van der Waals surface area contributed by atoms with E-state index in [-0.39, 0.29) is 0 Å². The Hall–Kier alpha value is -0.730. The molecule has 0 aromatic heterocycles. The maximum Gasteiger partial charge on any atom is 0.122 e. The molecule has 0 atom stereocenters. The van der Waals surface area contributed by atoms with Gasteiger partial charge in [-0.05, 0) is 49.0 Å². The molecule has 0 saturated heterocycles. The lowest BCUT2D eigenvalue weighted by molar-refractivity contribution is 0.409. The van der Waals surface area contributed by atoms with E-state index in [1.54, 1.807) is 7.11 Å². The van der Waals surface area contributed by atoms with Gasteiger partial charge in [-0.25, -0.2) is 0 Å². The lowest BCUT2D eigenvalue weighted by Gasteiger charge is -2.13. The fraction of sp³-hybridized carbons (Fsp3) is 0.600. The molecule has 102 valence electrons. The quantitative estimate of drug-likeness (QED) is 0.575. The topological polar surface area (TPSA) is 21.3 Å². The highest BCUT2D eigenvalue weighted by molar-refractivity contribution is 6.17. The standard InChI is InChI=1S/C15H24ClNO/c1-12(2)13-5-6-15(18-3)14(11-13)7-10-17-9-4-8-16/h5-6,11-12,17H,4,7-10H2,1-3H3. The maximum absolute atomic E-state index is 5.64. The first-order valence-electron chi connectivity index (χ1n) is 6.62. The number of benzene rings is 1. The highest BCUT2D eigenvalue weighted by Gasteiger charge is 2.06. The highest BCUT2D eigenvalue weighted by atomic mass is 35.5. The second-order valence-corrected chi connectivity index (χ2v) is 5.15. The molecule has 1 N–H and O–H groups in total. The lowest BCUT2D eigenvalue weighted by atomic mass is 9.99. The number of nitrogens with one attached hydrogen (secondary N) is 1. The van der Waals surface area contributed by atoms with E-state index in [4.69, 9.17) is 16.3 Å². The molecule has 0 aliphatic rings. The van der Waals surface area contributed by atoms with Crippen LogP contribution in [0.1, 0.15) is 37.3 Å². The molecule has 2 nitrogen and oxygen atoms in total. The first-order chi connectivity index (χ1) is 8.69. The van der Waals surface area contributed by atoms with Crippen molar-refractivity contribution in [2.24, 2.45) is 0 Å². The third-order valence-electron chi connectivity index (χ3n) is 3.03. The average Bonchev–Trinajstić information content (AvgIpc) is 2.38. The monoisotopic (exact) mass is 269 g/mol. The number of ether oxygens (including phenoxy) is 1. The molecular formula is C15H24ClNO. The van der Waals surface area contributed by atoms with E-state index in [1.165, 1.54) is 11.1 Å². The maximum atomic E-state index is 5.64. The van der Waals surface area contributed by atoms with Crippen LogP contribution in [0.2, 0.25) is 0 Å². The van der Waals surface area contributed by atoms with Crippen LogP contribution in [0, 0.1) is 0 Å². The summed E-state index contributed by atoms with van der Waals surface area (Å²) in [6, 6.07) is 6.48. The summed E-state index contributed by atoms with van der Waals surface area (Å²) in [5.41, 5.74) is 2.65. The summed E-state index contributed by atoms with van der Waals surface area (Å²) in [6.45, 7) is 6.37. The summed E-state index contributed by atoms with van der Waals surface area (Å²) in [5, 5.41) is 3.39. The molecule has 18 heavy (non-hydrogen) atoms. The summed E-state index contributed by atoms with van der Waals surface area (Å²) in [7, 11) is 1.73. The van der Waals surface area contributed by atoms with Crippen molar-refractivity contribution in [2.45, 2.75) is 32.6 Å². The Balaban J connectivity index is 2.58. The third-order valence-corrected chi connectivity index (χ3v) is 3.30. The van der Waals surface area contributed by atoms with Crippen molar-refractivity contribution in [3.05, 3.63) is 29.3 Å². The van der Waals surface area contributed by atoms with Crippen molar-refractivity contribution in [3.8, 4) is 5.75 Å². The molecule has 0 bridgehead atoms. The van der Waals surface area contributed by atoms with Crippen LogP contribution < -0.4 is 10.1 Å². The minimum atomic E-state index is 0.555. The zero-order valence-corrected chi connectivity index (χ0v) is 12.4. The Morgan fingerprint density at radius 3 is 2.67 bits per heavy atom. The first-order valence-corrected chi connectivity index (χ1v) is 7.16. The van der Waals surface area contributed by atoms with Crippen molar-refractivity contribution in [3.63, 3.8) is 0 Å². The van der Waals surface area contributed by atoms with Crippen molar-refractivity contribution in [1.29, 1.82) is 0 Å². The molecular weight excluding hydrogens is 246 g/mol. The van der Waals surface area contributed by atoms with Crippen LogP contribution in [-0.2, 0) is 6.42 Å². The zero-order valence-electron chi connectivity index (χ0n) is 11.6. The normalized spacial score (nSPS) is 10.9. The second kappa shape index (κ2) is 8.39. The minimum Gasteiger partial charge on any atom is -0.496 e. The van der Waals surface area contributed by atoms with Crippen molar-refractivity contribution >= 4 is 11.6 Å². The van der Waals surface area contributed by atoms with Crippen LogP contribution in [0.3, 0.4) is 0 Å². The summed E-state index contributed by atoms with van der Waals surface area (Å²) in [5.74, 6) is 2.26. The SMILES string of the molecule is COc1ccc(C(C)C)cc1CCNCCCCl. The molecule has 1 rings (SSSR count). The van der Waals surface area contributed by atoms with Gasteiger partial charge in [-0.1, -0.05) is 26.0 Å². The second-order valence-electron chi connectivity index (χ2n) is 4.77. The summed E-state index contributed by atoms with van der Waals surface area (Å²) in [6.07, 6.45) is 2.01. The van der Waals surface area contributed by atoms with Crippen LogP contribution in [-0.4, -0.2) is 26.1 Å². The van der Waals surface area contributed by atoms with Crippen molar-refractivity contribution < 1.29 is 4.74 Å². The molecule has 1 aromatic carbocycles. The molecule has 0 spiro atoms. The molecule has 0 heterocycles. The Labute approximate surface area is 116 Å². The van der Waals surface area contributed by atoms with E-state index < -0.39 is 0 Å². The van der Waals surface area contributed by atoms with Gasteiger partial charge >= 0.3 is 0 Å². The largest absolute Gasteiger partial charge is 0.496 e. The molecule has 0 amide bonds. The Kier molecular flexibility index (Phi) is 7.14. The van der Waals surface area contributed by atoms with Gasteiger partial charge in [0.15, 0.2) is 0 Å². The lowest BCUT2D eigenvalue weighted by Crippen LogP contribution is -2.19. The van der Waals surface area contributed by atoms with Gasteiger partial charge < -0.3 is 10.1 Å². The van der Waals surface area contributed by atoms with Gasteiger partial charge in [0.1, 0.15) is 5.75 Å². The number of rotatable bonds is 8. The molecule has 1 aromatic rings. The summed E-state index contributed by atoms with van der Waals surface area (Å²) in [4.78, 5) is 0. The van der Waals surface area contributed by atoms with Crippen LogP contribution in [0.5, 0.6) is 5.75 Å². The first kappa shape index (κ1) is 15.3. The fourth-order valence-corrected chi connectivity index (χ4v) is 2.03. The van der Waals surface area contributed by atoms with Gasteiger partial charge in [0.2, 0.25) is 0 Å². The van der Waals surface area contributed by atoms with Gasteiger partial charge in [-0.15, -0.1) is 11.6 Å². The van der Waals surface area contributed by atoms with E-state index in [1.807, 2.05) is 0 Å².